The van der Waals surface area contributed by atoms with Crippen LogP contribution in [0, 0.1) is 6.92 Å². The molecule has 0 unspecified atom stereocenters. The minimum absolute atomic E-state index is 0. The summed E-state index contributed by atoms with van der Waals surface area (Å²) in [4.78, 5) is 0. The lowest BCUT2D eigenvalue weighted by Gasteiger charge is -2.01. The molecule has 1 nitrogen and oxygen atoms in total. The zero-order chi connectivity index (χ0) is 10.1. The first-order chi connectivity index (χ1) is 6.33. The van der Waals surface area contributed by atoms with Crippen molar-refractivity contribution in [1.82, 2.24) is 5.32 Å². The van der Waals surface area contributed by atoms with Crippen molar-refractivity contribution in [2.75, 3.05) is 6.54 Å². The summed E-state index contributed by atoms with van der Waals surface area (Å²) < 4.78 is 0. The van der Waals surface area contributed by atoms with Crippen LogP contribution in [0.1, 0.15) is 33.3 Å². The van der Waals surface area contributed by atoms with Crippen molar-refractivity contribution >= 4 is 0 Å². The standard InChI is InChI=1S/C10H15N.C2H6.H2/c1-3-11-8-10-6-4-9(2)5-7-10;1-2;/h4-7,11H,3,8H2,1-2H3;1-2H3;1H. The molecule has 1 aromatic carbocycles. The van der Waals surface area contributed by atoms with Crippen LogP contribution in [0.2, 0.25) is 0 Å². The molecule has 0 bridgehead atoms. The fourth-order valence-corrected chi connectivity index (χ4v) is 0.975. The quantitative estimate of drug-likeness (QED) is 0.754. The summed E-state index contributed by atoms with van der Waals surface area (Å²) in [5, 5.41) is 3.28. The van der Waals surface area contributed by atoms with E-state index in [1.807, 2.05) is 13.8 Å². The Bertz CT molecular complexity index is 206. The second-order valence-corrected chi connectivity index (χ2v) is 2.77. The van der Waals surface area contributed by atoms with E-state index in [1.54, 1.807) is 0 Å². The van der Waals surface area contributed by atoms with Gasteiger partial charge in [-0.1, -0.05) is 50.6 Å². The van der Waals surface area contributed by atoms with Crippen molar-refractivity contribution in [3.05, 3.63) is 35.4 Å². The summed E-state index contributed by atoms with van der Waals surface area (Å²) in [5.41, 5.74) is 2.68. The van der Waals surface area contributed by atoms with Crippen LogP contribution in [0.25, 0.3) is 0 Å². The van der Waals surface area contributed by atoms with E-state index >= 15 is 0 Å². The van der Waals surface area contributed by atoms with Gasteiger partial charge in [0.05, 0.1) is 0 Å². The fraction of sp³-hybridized carbons (Fsp3) is 0.500. The molecule has 0 aliphatic heterocycles. The molecule has 13 heavy (non-hydrogen) atoms. The van der Waals surface area contributed by atoms with Gasteiger partial charge in [-0.3, -0.25) is 0 Å². The monoisotopic (exact) mass is 181 g/mol. The third-order valence-electron chi connectivity index (χ3n) is 1.70. The van der Waals surface area contributed by atoms with Crippen LogP contribution in [0.5, 0.6) is 0 Å². The van der Waals surface area contributed by atoms with Gasteiger partial charge in [-0.05, 0) is 19.0 Å². The predicted octanol–water partition coefficient (Wildman–Crippen LogP) is 3.38. The normalized spacial score (nSPS) is 8.92. The molecule has 0 aliphatic rings. The summed E-state index contributed by atoms with van der Waals surface area (Å²) in [6.45, 7) is 10.2. The fourth-order valence-electron chi connectivity index (χ4n) is 0.975. The van der Waals surface area contributed by atoms with E-state index in [0.29, 0.717) is 0 Å². The van der Waals surface area contributed by atoms with Gasteiger partial charge >= 0.3 is 0 Å². The van der Waals surface area contributed by atoms with Gasteiger partial charge in [0.1, 0.15) is 0 Å². The summed E-state index contributed by atoms with van der Waals surface area (Å²) >= 11 is 0. The Morgan fingerprint density at radius 3 is 2.15 bits per heavy atom. The van der Waals surface area contributed by atoms with E-state index in [9.17, 15) is 0 Å². The smallest absolute Gasteiger partial charge is 0.0205 e. The topological polar surface area (TPSA) is 12.0 Å². The van der Waals surface area contributed by atoms with E-state index < -0.39 is 0 Å². The highest BCUT2D eigenvalue weighted by atomic mass is 14.8. The Kier molecular flexibility index (Phi) is 7.32. The van der Waals surface area contributed by atoms with Crippen LogP contribution in [0.3, 0.4) is 0 Å². The maximum absolute atomic E-state index is 3.28. The first-order valence-corrected chi connectivity index (χ1v) is 5.09. The van der Waals surface area contributed by atoms with Crippen LogP contribution in [0.4, 0.5) is 0 Å². The largest absolute Gasteiger partial charge is 0.313 e. The van der Waals surface area contributed by atoms with Crippen molar-refractivity contribution in [2.45, 2.75) is 34.2 Å². The van der Waals surface area contributed by atoms with Gasteiger partial charge in [0.2, 0.25) is 0 Å². The lowest BCUT2D eigenvalue weighted by atomic mass is 10.1. The summed E-state index contributed by atoms with van der Waals surface area (Å²) in [5.74, 6) is 0. The number of aryl methyl sites for hydroxylation is 1. The molecule has 1 rings (SSSR count). The summed E-state index contributed by atoms with van der Waals surface area (Å²) in [7, 11) is 0. The number of hydrogen-bond donors (Lipinski definition) is 1. The van der Waals surface area contributed by atoms with Crippen molar-refractivity contribution in [1.29, 1.82) is 0 Å². The van der Waals surface area contributed by atoms with E-state index in [-0.39, 0.29) is 1.43 Å². The molecular weight excluding hydrogens is 158 g/mol. The van der Waals surface area contributed by atoms with E-state index in [2.05, 4.69) is 43.4 Å². The molecule has 0 spiro atoms. The average molecular weight is 181 g/mol. The van der Waals surface area contributed by atoms with Gasteiger partial charge in [-0.25, -0.2) is 0 Å². The SMILES string of the molecule is CC.CCNCc1ccc(C)cc1.[HH]. The van der Waals surface area contributed by atoms with Crippen molar-refractivity contribution in [3.63, 3.8) is 0 Å². The predicted molar refractivity (Wildman–Crippen MR) is 62.0 cm³/mol. The highest BCUT2D eigenvalue weighted by molar-refractivity contribution is 5.20. The molecule has 0 aliphatic carbocycles. The Hall–Kier alpha value is -0.820. The van der Waals surface area contributed by atoms with Gasteiger partial charge in [-0.15, -0.1) is 0 Å². The third kappa shape index (κ3) is 5.42. The van der Waals surface area contributed by atoms with Crippen LogP contribution < -0.4 is 5.32 Å². The first kappa shape index (κ1) is 12.2. The van der Waals surface area contributed by atoms with Crippen LogP contribution in [-0.4, -0.2) is 6.54 Å². The second kappa shape index (κ2) is 7.81. The molecule has 1 aromatic rings. The van der Waals surface area contributed by atoms with Gasteiger partial charge < -0.3 is 5.32 Å². The maximum Gasteiger partial charge on any atom is 0.0205 e. The molecule has 0 radical (unpaired) electrons. The van der Waals surface area contributed by atoms with Gasteiger partial charge in [0, 0.05) is 7.97 Å². The minimum Gasteiger partial charge on any atom is -0.313 e. The molecule has 0 atom stereocenters. The highest BCUT2D eigenvalue weighted by Gasteiger charge is 1.88. The molecule has 76 valence electrons. The molecule has 0 saturated heterocycles. The Morgan fingerprint density at radius 1 is 1.15 bits per heavy atom. The van der Waals surface area contributed by atoms with Crippen LogP contribution in [-0.2, 0) is 6.54 Å². The number of hydrogen-bond acceptors (Lipinski definition) is 1. The van der Waals surface area contributed by atoms with Gasteiger partial charge in [0.25, 0.3) is 0 Å². The molecule has 1 N–H and O–H groups in total. The van der Waals surface area contributed by atoms with Crippen LogP contribution in [0.15, 0.2) is 24.3 Å². The molecule has 0 fully saturated rings. The second-order valence-electron chi connectivity index (χ2n) is 2.77. The highest BCUT2D eigenvalue weighted by Crippen LogP contribution is 2.01. The number of benzene rings is 1. The lowest BCUT2D eigenvalue weighted by Crippen LogP contribution is -2.11. The Labute approximate surface area is 83.7 Å². The summed E-state index contributed by atoms with van der Waals surface area (Å²) in [6, 6.07) is 8.62. The van der Waals surface area contributed by atoms with Crippen molar-refractivity contribution < 1.29 is 1.43 Å². The molecule has 0 amide bonds. The zero-order valence-electron chi connectivity index (χ0n) is 9.22. The van der Waals surface area contributed by atoms with Gasteiger partial charge in [0.15, 0.2) is 0 Å². The molecule has 0 heterocycles. The summed E-state index contributed by atoms with van der Waals surface area (Å²) in [6.07, 6.45) is 0. The third-order valence-corrected chi connectivity index (χ3v) is 1.70. The Balaban J connectivity index is 0. The lowest BCUT2D eigenvalue weighted by molar-refractivity contribution is 0.727. The molecular formula is C12H23N. The van der Waals surface area contributed by atoms with E-state index in [0.717, 1.165) is 13.1 Å². The van der Waals surface area contributed by atoms with Gasteiger partial charge in [-0.2, -0.15) is 0 Å². The number of rotatable bonds is 3. The van der Waals surface area contributed by atoms with E-state index in [1.165, 1.54) is 11.1 Å². The van der Waals surface area contributed by atoms with Crippen molar-refractivity contribution in [3.8, 4) is 0 Å². The average Bonchev–Trinajstić information content (AvgIpc) is 2.20. The molecule has 1 heteroatoms. The van der Waals surface area contributed by atoms with Crippen LogP contribution >= 0.6 is 0 Å². The number of nitrogens with one attached hydrogen (secondary N) is 1. The zero-order valence-corrected chi connectivity index (χ0v) is 9.22. The Morgan fingerprint density at radius 2 is 1.69 bits per heavy atom. The molecule has 0 aromatic heterocycles. The van der Waals surface area contributed by atoms with E-state index in [4.69, 9.17) is 0 Å². The minimum atomic E-state index is 0. The molecule has 0 saturated carbocycles. The first-order valence-electron chi connectivity index (χ1n) is 5.09. The van der Waals surface area contributed by atoms with Crippen molar-refractivity contribution in [2.24, 2.45) is 0 Å². The maximum atomic E-state index is 3.28.